The molecule has 2 aliphatic heterocycles. The number of likely N-dealkylation sites (tertiary alicyclic amines) is 1. The molecule has 2 aliphatic rings. The monoisotopic (exact) mass is 351 g/mol. The van der Waals surface area contributed by atoms with Gasteiger partial charge in [-0.25, -0.2) is 4.98 Å². The highest BCUT2D eigenvalue weighted by atomic mass is 32.1. The van der Waals surface area contributed by atoms with Gasteiger partial charge in [0, 0.05) is 37.0 Å². The van der Waals surface area contributed by atoms with Crippen LogP contribution in [-0.2, 0) is 11.2 Å². The Kier molecular flexibility index (Phi) is 3.90. The van der Waals surface area contributed by atoms with Crippen molar-refractivity contribution in [1.29, 1.82) is 5.26 Å². The molecule has 1 amide bonds. The van der Waals surface area contributed by atoms with E-state index in [0.29, 0.717) is 24.6 Å². The summed E-state index contributed by atoms with van der Waals surface area (Å²) in [6.45, 7) is 5.13. The van der Waals surface area contributed by atoms with Crippen LogP contribution >= 0.6 is 11.3 Å². The van der Waals surface area contributed by atoms with Gasteiger partial charge in [-0.1, -0.05) is 36.1 Å². The summed E-state index contributed by atoms with van der Waals surface area (Å²) in [5.74, 6) is -0.221. The molecule has 0 radical (unpaired) electrons. The van der Waals surface area contributed by atoms with Gasteiger partial charge in [0.15, 0.2) is 11.3 Å². The number of carbonyl (C=O) groups excluding carboxylic acids is 1. The highest BCUT2D eigenvalue weighted by Gasteiger charge is 2.28. The second-order valence-electron chi connectivity index (χ2n) is 6.30. The Bertz CT molecular complexity index is 897. The number of carbonyl (C=O) groups is 1. The molecule has 1 saturated heterocycles. The topological polar surface area (TPSA) is 81.1 Å². The molecule has 2 aromatic rings. The minimum absolute atomic E-state index is 0.0663. The molecule has 1 atom stereocenters. The molecule has 0 saturated carbocycles. The molecule has 4 rings (SSSR count). The Balaban J connectivity index is 1.50. The van der Waals surface area contributed by atoms with Gasteiger partial charge in [0.25, 0.3) is 0 Å². The van der Waals surface area contributed by atoms with E-state index in [-0.39, 0.29) is 11.8 Å². The molecule has 0 spiro atoms. The second-order valence-corrected chi connectivity index (χ2v) is 7.33. The zero-order chi connectivity index (χ0) is 17.4. The molecule has 3 heterocycles. The Morgan fingerprint density at radius 1 is 1.52 bits per heavy atom. The molecular formula is C18H17N5OS. The number of nitrogens with one attached hydrogen (secondary N) is 2. The molecule has 7 heteroatoms. The third kappa shape index (κ3) is 2.96. The van der Waals surface area contributed by atoms with Gasteiger partial charge in [0.2, 0.25) is 5.91 Å². The Morgan fingerprint density at radius 3 is 3.20 bits per heavy atom. The van der Waals surface area contributed by atoms with Crippen LogP contribution in [-0.4, -0.2) is 28.9 Å². The minimum atomic E-state index is -0.155. The molecule has 0 bridgehead atoms. The normalized spacial score (nSPS) is 18.6. The van der Waals surface area contributed by atoms with Crippen LogP contribution in [0.25, 0.3) is 10.4 Å². The molecule has 6 nitrogen and oxygen atoms in total. The lowest BCUT2D eigenvalue weighted by Gasteiger charge is -2.08. The van der Waals surface area contributed by atoms with Crippen LogP contribution < -0.4 is 10.6 Å². The van der Waals surface area contributed by atoms with E-state index in [1.165, 1.54) is 16.9 Å². The Hall–Kier alpha value is -2.85. The van der Waals surface area contributed by atoms with Crippen LogP contribution in [0.5, 0.6) is 0 Å². The number of amides is 1. The fraction of sp³-hybridized carbons (Fsp3) is 0.278. The molecular weight excluding hydrogens is 334 g/mol. The lowest BCUT2D eigenvalue weighted by atomic mass is 10.1. The number of fused-ring (bicyclic) bond motifs is 1. The highest BCUT2D eigenvalue weighted by Crippen LogP contribution is 2.40. The maximum absolute atomic E-state index is 12.3. The smallest absolute Gasteiger partial charge is 0.231 e. The quantitative estimate of drug-likeness (QED) is 0.831. The van der Waals surface area contributed by atoms with E-state index in [1.54, 1.807) is 11.1 Å². The highest BCUT2D eigenvalue weighted by molar-refractivity contribution is 7.19. The first-order chi connectivity index (χ1) is 12.1. The van der Waals surface area contributed by atoms with E-state index < -0.39 is 0 Å². The maximum Gasteiger partial charge on any atom is 0.231 e. The van der Waals surface area contributed by atoms with Crippen molar-refractivity contribution in [1.82, 2.24) is 9.88 Å². The number of thiazole rings is 1. The van der Waals surface area contributed by atoms with Crippen molar-refractivity contribution in [3.63, 3.8) is 0 Å². The number of nitrogens with zero attached hydrogens (tertiary/aromatic N) is 3. The Morgan fingerprint density at radius 2 is 2.40 bits per heavy atom. The number of benzene rings is 1. The zero-order valence-corrected chi connectivity index (χ0v) is 14.4. The fourth-order valence-corrected chi connectivity index (χ4v) is 4.13. The third-order valence-electron chi connectivity index (χ3n) is 4.56. The molecule has 25 heavy (non-hydrogen) atoms. The molecule has 0 unspecified atom stereocenters. The van der Waals surface area contributed by atoms with Crippen LogP contribution in [0.1, 0.15) is 12.0 Å². The van der Waals surface area contributed by atoms with Crippen molar-refractivity contribution in [2.45, 2.75) is 12.8 Å². The number of rotatable bonds is 3. The van der Waals surface area contributed by atoms with Gasteiger partial charge in [0.05, 0.1) is 16.5 Å². The summed E-state index contributed by atoms with van der Waals surface area (Å²) in [5.41, 5.74) is 4.37. The number of para-hydroxylation sites is 1. The molecule has 0 aliphatic carbocycles. The van der Waals surface area contributed by atoms with E-state index >= 15 is 0 Å². The molecule has 1 aromatic carbocycles. The maximum atomic E-state index is 12.3. The SMILES string of the molecule is C=C1Cc2cccc(-c3cnc(NC(=O)[C@H]4CCN(C#N)C4)s3)c2N1. The number of allylic oxidation sites excluding steroid dienone is 1. The summed E-state index contributed by atoms with van der Waals surface area (Å²) in [5, 5.41) is 15.7. The number of nitriles is 1. The minimum Gasteiger partial charge on any atom is -0.358 e. The number of aromatic nitrogens is 1. The van der Waals surface area contributed by atoms with Crippen molar-refractivity contribution in [2.75, 3.05) is 23.7 Å². The van der Waals surface area contributed by atoms with Gasteiger partial charge >= 0.3 is 0 Å². The molecule has 1 fully saturated rings. The number of hydrogen-bond acceptors (Lipinski definition) is 6. The zero-order valence-electron chi connectivity index (χ0n) is 13.6. The van der Waals surface area contributed by atoms with E-state index in [2.05, 4.69) is 34.5 Å². The summed E-state index contributed by atoms with van der Waals surface area (Å²) in [4.78, 5) is 19.3. The van der Waals surface area contributed by atoms with Gasteiger partial charge in [-0.05, 0) is 12.0 Å². The van der Waals surface area contributed by atoms with Crippen molar-refractivity contribution < 1.29 is 4.79 Å². The van der Waals surface area contributed by atoms with Gasteiger partial charge in [0.1, 0.15) is 0 Å². The number of hydrogen-bond donors (Lipinski definition) is 2. The third-order valence-corrected chi connectivity index (χ3v) is 5.50. The first kappa shape index (κ1) is 15.7. The standard InChI is InChI=1S/C18H17N5OS/c1-11-7-12-3-2-4-14(16(12)21-11)15-8-20-18(25-15)22-17(24)13-5-6-23(9-13)10-19/h2-4,8,13,21H,1,5-7,9H2,(H,20,22,24)/t13-/m0/s1. The lowest BCUT2D eigenvalue weighted by Crippen LogP contribution is -2.25. The summed E-state index contributed by atoms with van der Waals surface area (Å²) in [6.07, 6.45) is 5.42. The van der Waals surface area contributed by atoms with Crippen molar-refractivity contribution in [3.8, 4) is 16.6 Å². The average molecular weight is 351 g/mol. The van der Waals surface area contributed by atoms with E-state index in [1.807, 2.05) is 12.1 Å². The van der Waals surface area contributed by atoms with Gasteiger partial charge in [-0.15, -0.1) is 0 Å². The van der Waals surface area contributed by atoms with E-state index in [9.17, 15) is 4.79 Å². The Labute approximate surface area is 149 Å². The van der Waals surface area contributed by atoms with Crippen molar-refractivity contribution in [2.24, 2.45) is 5.92 Å². The lowest BCUT2D eigenvalue weighted by molar-refractivity contribution is -0.119. The predicted octanol–water partition coefficient (Wildman–Crippen LogP) is 3.03. The summed E-state index contributed by atoms with van der Waals surface area (Å²) in [7, 11) is 0. The number of anilines is 2. The van der Waals surface area contributed by atoms with Crippen molar-refractivity contribution >= 4 is 28.1 Å². The van der Waals surface area contributed by atoms with Crippen LogP contribution in [0.3, 0.4) is 0 Å². The van der Waals surface area contributed by atoms with E-state index in [4.69, 9.17) is 5.26 Å². The predicted molar refractivity (Wildman–Crippen MR) is 97.9 cm³/mol. The molecule has 1 aromatic heterocycles. The fourth-order valence-electron chi connectivity index (χ4n) is 3.28. The van der Waals surface area contributed by atoms with Gasteiger partial charge < -0.3 is 15.5 Å². The van der Waals surface area contributed by atoms with Gasteiger partial charge in [-0.2, -0.15) is 5.26 Å². The summed E-state index contributed by atoms with van der Waals surface area (Å²) < 4.78 is 0. The summed E-state index contributed by atoms with van der Waals surface area (Å²) in [6, 6.07) is 6.17. The first-order valence-corrected chi connectivity index (χ1v) is 8.94. The largest absolute Gasteiger partial charge is 0.358 e. The average Bonchev–Trinajstić information content (AvgIpc) is 3.32. The van der Waals surface area contributed by atoms with Crippen LogP contribution in [0.15, 0.2) is 36.7 Å². The van der Waals surface area contributed by atoms with Crippen LogP contribution in [0.4, 0.5) is 10.8 Å². The molecule has 2 N–H and O–H groups in total. The van der Waals surface area contributed by atoms with Gasteiger partial charge in [-0.3, -0.25) is 4.79 Å². The first-order valence-electron chi connectivity index (χ1n) is 8.12. The second kappa shape index (κ2) is 6.22. The van der Waals surface area contributed by atoms with Crippen LogP contribution in [0, 0.1) is 17.4 Å². The van der Waals surface area contributed by atoms with Crippen molar-refractivity contribution in [3.05, 3.63) is 42.2 Å². The molecule has 126 valence electrons. The summed E-state index contributed by atoms with van der Waals surface area (Å²) >= 11 is 1.46. The van der Waals surface area contributed by atoms with E-state index in [0.717, 1.165) is 28.2 Å². The van der Waals surface area contributed by atoms with Crippen LogP contribution in [0.2, 0.25) is 0 Å².